The molecule has 1 aromatic rings. The number of ether oxygens (including phenoxy) is 1. The molecule has 6 heteroatoms. The molecule has 0 bridgehead atoms. The predicted molar refractivity (Wildman–Crippen MR) is 109 cm³/mol. The Bertz CT molecular complexity index is 636. The van der Waals surface area contributed by atoms with Crippen LogP contribution in [0.15, 0.2) is 18.2 Å². The molecular formula is C21H31ClN2O3. The smallest absolute Gasteiger partial charge is 0.227 e. The number of halogens is 1. The van der Waals surface area contributed by atoms with Crippen LogP contribution < -0.4 is 10.1 Å². The molecule has 1 fully saturated rings. The zero-order chi connectivity index (χ0) is 19.8. The second kappa shape index (κ2) is 10.5. The lowest BCUT2D eigenvalue weighted by Crippen LogP contribution is -2.39. The molecule has 1 aromatic carbocycles. The van der Waals surface area contributed by atoms with Crippen LogP contribution in [0.25, 0.3) is 0 Å². The van der Waals surface area contributed by atoms with Gasteiger partial charge in [-0.05, 0) is 56.7 Å². The fraction of sp³-hybridized carbons (Fsp3) is 0.619. The van der Waals surface area contributed by atoms with Gasteiger partial charge < -0.3 is 15.0 Å². The van der Waals surface area contributed by atoms with Gasteiger partial charge in [-0.15, -0.1) is 0 Å². The Hall–Kier alpha value is -1.75. The number of amides is 2. The number of methoxy groups -OCH3 is 1. The molecule has 2 amide bonds. The first-order chi connectivity index (χ1) is 13.0. The first-order valence-corrected chi connectivity index (χ1v) is 10.3. The van der Waals surface area contributed by atoms with Crippen molar-refractivity contribution in [2.24, 2.45) is 11.8 Å². The minimum absolute atomic E-state index is 0.00102. The monoisotopic (exact) mass is 394 g/mol. The molecule has 0 atom stereocenters. The van der Waals surface area contributed by atoms with Crippen LogP contribution in [-0.2, 0) is 9.59 Å². The number of rotatable bonds is 8. The Morgan fingerprint density at radius 1 is 1.11 bits per heavy atom. The number of carbonyl (C=O) groups excluding carboxylic acids is 2. The summed E-state index contributed by atoms with van der Waals surface area (Å²) < 4.78 is 5.13. The second-order valence-corrected chi connectivity index (χ2v) is 7.62. The molecule has 1 N–H and O–H groups in total. The van der Waals surface area contributed by atoms with E-state index in [1.165, 1.54) is 0 Å². The third-order valence-corrected chi connectivity index (χ3v) is 5.46. The fourth-order valence-corrected chi connectivity index (χ4v) is 3.98. The quantitative estimate of drug-likeness (QED) is 0.692. The lowest BCUT2D eigenvalue weighted by Gasteiger charge is -2.31. The highest BCUT2D eigenvalue weighted by molar-refractivity contribution is 6.32. The number of nitrogens with zero attached hydrogens (tertiary/aromatic N) is 1. The van der Waals surface area contributed by atoms with Gasteiger partial charge in [-0.25, -0.2) is 0 Å². The van der Waals surface area contributed by atoms with Crippen molar-refractivity contribution in [1.29, 1.82) is 0 Å². The summed E-state index contributed by atoms with van der Waals surface area (Å²) in [7, 11) is 1.56. The van der Waals surface area contributed by atoms with E-state index in [1.807, 2.05) is 4.90 Å². The maximum absolute atomic E-state index is 12.7. The Labute approximate surface area is 167 Å². The third kappa shape index (κ3) is 5.86. The van der Waals surface area contributed by atoms with E-state index in [2.05, 4.69) is 19.2 Å². The number of carbonyl (C=O) groups is 2. The average molecular weight is 395 g/mol. The number of nitrogens with one attached hydrogen (secondary N) is 1. The molecule has 1 saturated carbocycles. The highest BCUT2D eigenvalue weighted by Gasteiger charge is 2.31. The van der Waals surface area contributed by atoms with Gasteiger partial charge in [0.05, 0.1) is 12.1 Å². The summed E-state index contributed by atoms with van der Waals surface area (Å²) >= 11 is 6.12. The highest BCUT2D eigenvalue weighted by Crippen LogP contribution is 2.32. The van der Waals surface area contributed by atoms with Gasteiger partial charge in [0.1, 0.15) is 5.75 Å². The molecule has 0 radical (unpaired) electrons. The van der Waals surface area contributed by atoms with Gasteiger partial charge in [-0.3, -0.25) is 9.59 Å². The van der Waals surface area contributed by atoms with Gasteiger partial charge in [0.2, 0.25) is 11.8 Å². The lowest BCUT2D eigenvalue weighted by molar-refractivity contribution is -0.138. The Kier molecular flexibility index (Phi) is 8.42. The highest BCUT2D eigenvalue weighted by atomic mass is 35.5. The number of anilines is 1. The Morgan fingerprint density at radius 3 is 2.22 bits per heavy atom. The molecule has 0 aliphatic heterocycles. The molecule has 0 unspecified atom stereocenters. The van der Waals surface area contributed by atoms with Gasteiger partial charge in [0.25, 0.3) is 0 Å². The zero-order valence-corrected chi connectivity index (χ0v) is 17.3. The van der Waals surface area contributed by atoms with Crippen LogP contribution in [0.1, 0.15) is 52.4 Å². The summed E-state index contributed by atoms with van der Waals surface area (Å²) in [5, 5.41) is 3.41. The van der Waals surface area contributed by atoms with Gasteiger partial charge in [-0.2, -0.15) is 0 Å². The van der Waals surface area contributed by atoms with Crippen molar-refractivity contribution in [2.75, 3.05) is 25.5 Å². The standard InChI is InChI=1S/C21H31ClN2O3/c1-4-12-24(13-5-2)21(26)16-8-6-15(7-9-16)20(25)23-17-10-11-19(27-3)18(22)14-17/h10-11,14-16H,4-9,12-13H2,1-3H3,(H,23,25). The van der Waals surface area contributed by atoms with Crippen molar-refractivity contribution in [3.63, 3.8) is 0 Å². The number of hydrogen-bond acceptors (Lipinski definition) is 3. The van der Waals surface area contributed by atoms with E-state index < -0.39 is 0 Å². The molecule has 1 aliphatic carbocycles. The molecule has 5 nitrogen and oxygen atoms in total. The maximum atomic E-state index is 12.7. The largest absolute Gasteiger partial charge is 0.495 e. The van der Waals surface area contributed by atoms with Crippen molar-refractivity contribution in [3.05, 3.63) is 23.2 Å². The molecule has 2 rings (SSSR count). The minimum Gasteiger partial charge on any atom is -0.495 e. The van der Waals surface area contributed by atoms with E-state index >= 15 is 0 Å². The molecule has 0 heterocycles. The van der Waals surface area contributed by atoms with E-state index in [0.29, 0.717) is 16.5 Å². The summed E-state index contributed by atoms with van der Waals surface area (Å²) in [5.41, 5.74) is 0.668. The zero-order valence-electron chi connectivity index (χ0n) is 16.6. The molecule has 27 heavy (non-hydrogen) atoms. The van der Waals surface area contributed by atoms with E-state index in [-0.39, 0.29) is 23.7 Å². The number of benzene rings is 1. The van der Waals surface area contributed by atoms with Crippen LogP contribution in [0.3, 0.4) is 0 Å². The van der Waals surface area contributed by atoms with E-state index in [1.54, 1.807) is 25.3 Å². The Morgan fingerprint density at radius 2 is 1.70 bits per heavy atom. The van der Waals surface area contributed by atoms with Crippen LogP contribution in [-0.4, -0.2) is 36.9 Å². The predicted octanol–water partition coefficient (Wildman–Crippen LogP) is 4.74. The maximum Gasteiger partial charge on any atom is 0.227 e. The van der Waals surface area contributed by atoms with Crippen LogP contribution >= 0.6 is 11.6 Å². The summed E-state index contributed by atoms with van der Waals surface area (Å²) in [6.45, 7) is 5.85. The summed E-state index contributed by atoms with van der Waals surface area (Å²) in [6.07, 6.45) is 5.02. The van der Waals surface area contributed by atoms with E-state index in [4.69, 9.17) is 16.3 Å². The number of hydrogen-bond donors (Lipinski definition) is 1. The van der Waals surface area contributed by atoms with Crippen molar-refractivity contribution in [3.8, 4) is 5.75 Å². The summed E-state index contributed by atoms with van der Waals surface area (Å²) in [4.78, 5) is 27.3. The third-order valence-electron chi connectivity index (χ3n) is 5.17. The molecule has 150 valence electrons. The Balaban J connectivity index is 1.88. The van der Waals surface area contributed by atoms with Crippen LogP contribution in [0.5, 0.6) is 5.75 Å². The van der Waals surface area contributed by atoms with Crippen molar-refractivity contribution in [2.45, 2.75) is 52.4 Å². The van der Waals surface area contributed by atoms with Crippen LogP contribution in [0, 0.1) is 11.8 Å². The molecule has 0 saturated heterocycles. The normalized spacial score (nSPS) is 19.4. The fourth-order valence-electron chi connectivity index (χ4n) is 3.72. The van der Waals surface area contributed by atoms with E-state index in [0.717, 1.165) is 51.6 Å². The van der Waals surface area contributed by atoms with Crippen molar-refractivity contribution >= 4 is 29.1 Å². The average Bonchev–Trinajstić information content (AvgIpc) is 2.67. The first kappa shape index (κ1) is 21.5. The topological polar surface area (TPSA) is 58.6 Å². The van der Waals surface area contributed by atoms with Gasteiger partial charge in [0.15, 0.2) is 0 Å². The molecule has 1 aliphatic rings. The minimum atomic E-state index is -0.0549. The molecule has 0 spiro atoms. The summed E-state index contributed by atoms with van der Waals surface area (Å²) in [6, 6.07) is 5.22. The van der Waals surface area contributed by atoms with Gasteiger partial charge in [0, 0.05) is 30.6 Å². The molecule has 0 aromatic heterocycles. The SMILES string of the molecule is CCCN(CCC)C(=O)C1CCC(C(=O)Nc2ccc(OC)c(Cl)c2)CC1. The van der Waals surface area contributed by atoms with Gasteiger partial charge >= 0.3 is 0 Å². The second-order valence-electron chi connectivity index (χ2n) is 7.21. The van der Waals surface area contributed by atoms with E-state index in [9.17, 15) is 9.59 Å². The lowest BCUT2D eigenvalue weighted by atomic mass is 9.80. The van der Waals surface area contributed by atoms with Crippen molar-refractivity contribution in [1.82, 2.24) is 4.90 Å². The van der Waals surface area contributed by atoms with Crippen molar-refractivity contribution < 1.29 is 14.3 Å². The van der Waals surface area contributed by atoms with Crippen LogP contribution in [0.4, 0.5) is 5.69 Å². The molecular weight excluding hydrogens is 364 g/mol. The van der Waals surface area contributed by atoms with Crippen LogP contribution in [0.2, 0.25) is 5.02 Å². The van der Waals surface area contributed by atoms with Gasteiger partial charge in [-0.1, -0.05) is 25.4 Å². The summed E-state index contributed by atoms with van der Waals surface area (Å²) in [5.74, 6) is 0.848. The first-order valence-electron chi connectivity index (χ1n) is 9.93.